The lowest BCUT2D eigenvalue weighted by Gasteiger charge is -2.49. The van der Waals surface area contributed by atoms with E-state index in [2.05, 4.69) is 17.0 Å². The minimum absolute atomic E-state index is 0.144. The SMILES string of the molecule is COc1ccc(CC2C(O)C3CCN2CC3)cc1. The maximum absolute atomic E-state index is 10.4. The fourth-order valence-electron chi connectivity index (χ4n) is 3.38. The highest BCUT2D eigenvalue weighted by atomic mass is 16.5. The van der Waals surface area contributed by atoms with Crippen molar-refractivity contribution in [3.8, 4) is 5.75 Å². The van der Waals surface area contributed by atoms with Gasteiger partial charge in [0.1, 0.15) is 5.75 Å². The molecule has 4 rings (SSSR count). The Bertz CT molecular complexity index is 393. The van der Waals surface area contributed by atoms with Crippen LogP contribution in [-0.2, 0) is 6.42 Å². The molecule has 2 unspecified atom stereocenters. The van der Waals surface area contributed by atoms with Gasteiger partial charge in [-0.3, -0.25) is 4.90 Å². The first-order chi connectivity index (χ1) is 8.78. The maximum Gasteiger partial charge on any atom is 0.118 e. The Labute approximate surface area is 108 Å². The van der Waals surface area contributed by atoms with E-state index in [0.29, 0.717) is 12.0 Å². The Morgan fingerprint density at radius 2 is 1.89 bits per heavy atom. The number of aliphatic hydroxyl groups excluding tert-OH is 1. The molecule has 1 aromatic carbocycles. The quantitative estimate of drug-likeness (QED) is 0.882. The molecule has 98 valence electrons. The largest absolute Gasteiger partial charge is 0.497 e. The molecule has 0 spiro atoms. The van der Waals surface area contributed by atoms with Crippen LogP contribution < -0.4 is 4.74 Å². The van der Waals surface area contributed by atoms with Gasteiger partial charge < -0.3 is 9.84 Å². The molecule has 1 aromatic rings. The molecular weight excluding hydrogens is 226 g/mol. The van der Waals surface area contributed by atoms with Crippen molar-refractivity contribution in [2.45, 2.75) is 31.4 Å². The average Bonchev–Trinajstić information content (AvgIpc) is 2.44. The van der Waals surface area contributed by atoms with E-state index in [4.69, 9.17) is 4.74 Å². The Morgan fingerprint density at radius 1 is 1.22 bits per heavy atom. The predicted molar refractivity (Wildman–Crippen MR) is 70.8 cm³/mol. The molecule has 3 saturated heterocycles. The summed E-state index contributed by atoms with van der Waals surface area (Å²) in [6.45, 7) is 2.31. The number of hydrogen-bond acceptors (Lipinski definition) is 3. The zero-order chi connectivity index (χ0) is 12.5. The molecule has 3 nitrogen and oxygen atoms in total. The second-order valence-electron chi connectivity index (χ2n) is 5.48. The molecule has 3 aliphatic rings. The minimum Gasteiger partial charge on any atom is -0.497 e. The lowest BCUT2D eigenvalue weighted by molar-refractivity contribution is -0.0715. The molecule has 0 aromatic heterocycles. The highest BCUT2D eigenvalue weighted by Gasteiger charge is 2.40. The van der Waals surface area contributed by atoms with Gasteiger partial charge in [-0.1, -0.05) is 12.1 Å². The molecule has 2 atom stereocenters. The van der Waals surface area contributed by atoms with Crippen LogP contribution in [0.15, 0.2) is 24.3 Å². The molecule has 3 heteroatoms. The van der Waals surface area contributed by atoms with E-state index in [0.717, 1.165) is 25.3 Å². The number of methoxy groups -OCH3 is 1. The van der Waals surface area contributed by atoms with Gasteiger partial charge in [-0.25, -0.2) is 0 Å². The zero-order valence-electron chi connectivity index (χ0n) is 10.9. The second kappa shape index (κ2) is 4.90. The van der Waals surface area contributed by atoms with Crippen LogP contribution in [0.2, 0.25) is 0 Å². The van der Waals surface area contributed by atoms with Crippen LogP contribution in [0.5, 0.6) is 5.75 Å². The second-order valence-corrected chi connectivity index (χ2v) is 5.48. The molecule has 18 heavy (non-hydrogen) atoms. The Balaban J connectivity index is 1.71. The minimum atomic E-state index is -0.144. The first kappa shape index (κ1) is 12.0. The van der Waals surface area contributed by atoms with Crippen LogP contribution in [0.1, 0.15) is 18.4 Å². The van der Waals surface area contributed by atoms with Crippen LogP contribution >= 0.6 is 0 Å². The number of hydrogen-bond donors (Lipinski definition) is 1. The molecule has 0 amide bonds. The lowest BCUT2D eigenvalue weighted by Crippen LogP contribution is -2.58. The van der Waals surface area contributed by atoms with E-state index < -0.39 is 0 Å². The molecule has 0 aliphatic carbocycles. The molecule has 3 fully saturated rings. The number of ether oxygens (including phenoxy) is 1. The van der Waals surface area contributed by atoms with Gasteiger partial charge in [-0.15, -0.1) is 0 Å². The molecule has 1 N–H and O–H groups in total. The molecule has 2 bridgehead atoms. The van der Waals surface area contributed by atoms with Crippen molar-refractivity contribution in [1.82, 2.24) is 4.90 Å². The molecule has 0 saturated carbocycles. The van der Waals surface area contributed by atoms with Crippen molar-refractivity contribution >= 4 is 0 Å². The first-order valence-electron chi connectivity index (χ1n) is 6.83. The fraction of sp³-hybridized carbons (Fsp3) is 0.600. The van der Waals surface area contributed by atoms with E-state index in [1.165, 1.54) is 18.4 Å². The molecule has 3 heterocycles. The third-order valence-corrected chi connectivity index (χ3v) is 4.52. The van der Waals surface area contributed by atoms with E-state index in [1.807, 2.05) is 12.1 Å². The maximum atomic E-state index is 10.4. The van der Waals surface area contributed by atoms with Crippen LogP contribution in [0.4, 0.5) is 0 Å². The van der Waals surface area contributed by atoms with Gasteiger partial charge in [-0.05, 0) is 56.0 Å². The number of piperidine rings is 3. The van der Waals surface area contributed by atoms with Crippen molar-refractivity contribution in [1.29, 1.82) is 0 Å². The summed E-state index contributed by atoms with van der Waals surface area (Å²) in [4.78, 5) is 2.45. The normalized spacial score (nSPS) is 34.6. The summed E-state index contributed by atoms with van der Waals surface area (Å²) in [5.74, 6) is 1.42. The number of fused-ring (bicyclic) bond motifs is 3. The van der Waals surface area contributed by atoms with Crippen LogP contribution in [-0.4, -0.2) is 42.4 Å². The molecule has 0 radical (unpaired) electrons. The van der Waals surface area contributed by atoms with Crippen LogP contribution in [0.3, 0.4) is 0 Å². The fourth-order valence-corrected chi connectivity index (χ4v) is 3.38. The van der Waals surface area contributed by atoms with Gasteiger partial charge in [0.05, 0.1) is 13.2 Å². The predicted octanol–water partition coefficient (Wildman–Crippen LogP) is 1.69. The molecular formula is C15H21NO2. The van der Waals surface area contributed by atoms with Crippen molar-refractivity contribution in [3.63, 3.8) is 0 Å². The molecule has 3 aliphatic heterocycles. The third-order valence-electron chi connectivity index (χ3n) is 4.52. The number of benzene rings is 1. The van der Waals surface area contributed by atoms with Gasteiger partial charge in [0, 0.05) is 6.04 Å². The summed E-state index contributed by atoms with van der Waals surface area (Å²) in [7, 11) is 1.69. The summed E-state index contributed by atoms with van der Waals surface area (Å²) < 4.78 is 5.17. The number of aliphatic hydroxyl groups is 1. The smallest absolute Gasteiger partial charge is 0.118 e. The van der Waals surface area contributed by atoms with Gasteiger partial charge in [0.2, 0.25) is 0 Å². The summed E-state index contributed by atoms with van der Waals surface area (Å²) in [5.41, 5.74) is 1.28. The van der Waals surface area contributed by atoms with E-state index in [1.54, 1.807) is 7.11 Å². The average molecular weight is 247 g/mol. The number of nitrogens with zero attached hydrogens (tertiary/aromatic N) is 1. The third kappa shape index (κ3) is 2.13. The van der Waals surface area contributed by atoms with E-state index in [-0.39, 0.29) is 6.10 Å². The standard InChI is InChI=1S/C15H21NO2/c1-18-13-4-2-11(3-5-13)10-14-15(17)12-6-8-16(14)9-7-12/h2-5,12,14-15,17H,6-10H2,1H3. The zero-order valence-corrected chi connectivity index (χ0v) is 10.9. The highest BCUT2D eigenvalue weighted by molar-refractivity contribution is 5.28. The van der Waals surface area contributed by atoms with Gasteiger partial charge >= 0.3 is 0 Å². The van der Waals surface area contributed by atoms with Gasteiger partial charge in [0.15, 0.2) is 0 Å². The van der Waals surface area contributed by atoms with Crippen molar-refractivity contribution in [2.24, 2.45) is 5.92 Å². The summed E-state index contributed by atoms with van der Waals surface area (Å²) in [6, 6.07) is 8.52. The Morgan fingerprint density at radius 3 is 2.44 bits per heavy atom. The summed E-state index contributed by atoms with van der Waals surface area (Å²) in [5, 5.41) is 10.4. The van der Waals surface area contributed by atoms with Crippen molar-refractivity contribution in [2.75, 3.05) is 20.2 Å². The monoisotopic (exact) mass is 247 g/mol. The Kier molecular flexibility index (Phi) is 3.27. The lowest BCUT2D eigenvalue weighted by atomic mass is 9.78. The van der Waals surface area contributed by atoms with Crippen LogP contribution in [0.25, 0.3) is 0 Å². The Hall–Kier alpha value is -1.06. The van der Waals surface area contributed by atoms with Crippen molar-refractivity contribution in [3.05, 3.63) is 29.8 Å². The van der Waals surface area contributed by atoms with Crippen molar-refractivity contribution < 1.29 is 9.84 Å². The van der Waals surface area contributed by atoms with Crippen LogP contribution in [0, 0.1) is 5.92 Å². The van der Waals surface area contributed by atoms with Gasteiger partial charge in [0.25, 0.3) is 0 Å². The van der Waals surface area contributed by atoms with E-state index >= 15 is 0 Å². The summed E-state index contributed by atoms with van der Waals surface area (Å²) in [6.07, 6.45) is 3.14. The topological polar surface area (TPSA) is 32.7 Å². The van der Waals surface area contributed by atoms with Gasteiger partial charge in [-0.2, -0.15) is 0 Å². The highest BCUT2D eigenvalue weighted by Crippen LogP contribution is 2.33. The summed E-state index contributed by atoms with van der Waals surface area (Å²) >= 11 is 0. The van der Waals surface area contributed by atoms with E-state index in [9.17, 15) is 5.11 Å². The number of rotatable bonds is 3. The first-order valence-corrected chi connectivity index (χ1v) is 6.83.